The van der Waals surface area contributed by atoms with Gasteiger partial charge in [0.25, 0.3) is 5.88 Å². The van der Waals surface area contributed by atoms with Crippen LogP contribution in [0.5, 0.6) is 5.88 Å². The van der Waals surface area contributed by atoms with Crippen molar-refractivity contribution in [3.8, 4) is 5.88 Å². The number of nitro groups is 1. The number of ether oxygens (including phenoxy) is 1. The molecule has 1 aliphatic heterocycles. The van der Waals surface area contributed by atoms with Crippen LogP contribution >= 0.6 is 0 Å². The summed E-state index contributed by atoms with van der Waals surface area (Å²) in [6.45, 7) is 1.80. The lowest BCUT2D eigenvalue weighted by atomic mass is 10.0. The van der Waals surface area contributed by atoms with Crippen LogP contribution in [-0.4, -0.2) is 55.1 Å². The van der Waals surface area contributed by atoms with E-state index in [-0.39, 0.29) is 11.6 Å². The summed E-state index contributed by atoms with van der Waals surface area (Å²) in [5.41, 5.74) is -0.0978. The molecule has 0 saturated carbocycles. The summed E-state index contributed by atoms with van der Waals surface area (Å²) >= 11 is 0. The highest BCUT2D eigenvalue weighted by Gasteiger charge is 2.24. The van der Waals surface area contributed by atoms with Gasteiger partial charge in [0.05, 0.1) is 12.0 Å². The van der Waals surface area contributed by atoms with Gasteiger partial charge in [-0.3, -0.25) is 10.1 Å². The molecule has 0 aromatic carbocycles. The van der Waals surface area contributed by atoms with E-state index in [1.807, 2.05) is 0 Å². The Morgan fingerprint density at radius 3 is 2.55 bits per heavy atom. The molecule has 0 N–H and O–H groups in total. The second-order valence-electron chi connectivity index (χ2n) is 5.14. The van der Waals surface area contributed by atoms with E-state index in [4.69, 9.17) is 4.74 Å². The van der Waals surface area contributed by atoms with E-state index in [1.54, 1.807) is 6.07 Å². The molecular weight excluding hydrogens is 260 g/mol. The van der Waals surface area contributed by atoms with Crippen LogP contribution in [0.3, 0.4) is 0 Å². The van der Waals surface area contributed by atoms with Gasteiger partial charge in [-0.25, -0.2) is 0 Å². The lowest BCUT2D eigenvalue weighted by molar-refractivity contribution is -0.386. The molecule has 110 valence electrons. The average Bonchev–Trinajstić information content (AvgIpc) is 2.46. The second kappa shape index (κ2) is 6.04. The molecule has 1 saturated heterocycles. The first-order chi connectivity index (χ1) is 9.52. The standard InChI is InChI=1S/C13H20N4O3/c1-15(2)10-6-8-16(9-7-10)12-5-4-11(17(18)19)13(14-12)20-3/h4-5,10H,6-9H2,1-3H3. The Morgan fingerprint density at radius 1 is 1.40 bits per heavy atom. The lowest BCUT2D eigenvalue weighted by Gasteiger charge is -2.35. The Morgan fingerprint density at radius 2 is 2.05 bits per heavy atom. The summed E-state index contributed by atoms with van der Waals surface area (Å²) in [7, 11) is 5.58. The highest BCUT2D eigenvalue weighted by molar-refractivity contribution is 5.50. The molecule has 0 aliphatic carbocycles. The molecule has 0 atom stereocenters. The predicted molar refractivity (Wildman–Crippen MR) is 76.4 cm³/mol. The number of piperidine rings is 1. The van der Waals surface area contributed by atoms with Crippen molar-refractivity contribution in [3.63, 3.8) is 0 Å². The Bertz CT molecular complexity index is 485. The topological polar surface area (TPSA) is 71.7 Å². The van der Waals surface area contributed by atoms with Gasteiger partial charge in [0.1, 0.15) is 5.82 Å². The summed E-state index contributed by atoms with van der Waals surface area (Å²) in [6.07, 6.45) is 2.13. The molecule has 0 amide bonds. The number of hydrogen-bond acceptors (Lipinski definition) is 6. The molecule has 0 spiro atoms. The third-order valence-electron chi connectivity index (χ3n) is 3.73. The van der Waals surface area contributed by atoms with Gasteiger partial charge in [0.15, 0.2) is 0 Å². The van der Waals surface area contributed by atoms with Crippen molar-refractivity contribution in [3.05, 3.63) is 22.2 Å². The van der Waals surface area contributed by atoms with E-state index in [1.165, 1.54) is 13.2 Å². The number of aromatic nitrogens is 1. The van der Waals surface area contributed by atoms with E-state index in [0.717, 1.165) is 31.7 Å². The molecule has 0 unspecified atom stereocenters. The Balaban J connectivity index is 2.12. The lowest BCUT2D eigenvalue weighted by Crippen LogP contribution is -2.42. The summed E-state index contributed by atoms with van der Waals surface area (Å²) in [5, 5.41) is 10.9. The third kappa shape index (κ3) is 2.98. The maximum Gasteiger partial charge on any atom is 0.331 e. The van der Waals surface area contributed by atoms with Crippen molar-refractivity contribution < 1.29 is 9.66 Å². The number of hydrogen-bond donors (Lipinski definition) is 0. The molecule has 20 heavy (non-hydrogen) atoms. The SMILES string of the molecule is COc1nc(N2CCC(N(C)C)CC2)ccc1[N+](=O)[O-]. The normalized spacial score (nSPS) is 16.5. The predicted octanol–water partition coefficient (Wildman–Crippen LogP) is 1.53. The fourth-order valence-electron chi connectivity index (χ4n) is 2.50. The van der Waals surface area contributed by atoms with Gasteiger partial charge >= 0.3 is 5.69 Å². The molecule has 0 radical (unpaired) electrons. The van der Waals surface area contributed by atoms with Gasteiger partial charge in [-0.2, -0.15) is 4.98 Å². The molecule has 1 fully saturated rings. The van der Waals surface area contributed by atoms with Crippen molar-refractivity contribution in [1.82, 2.24) is 9.88 Å². The summed E-state index contributed by atoms with van der Waals surface area (Å²) < 4.78 is 5.01. The fourth-order valence-corrected chi connectivity index (χ4v) is 2.50. The fraction of sp³-hybridized carbons (Fsp3) is 0.615. The molecule has 2 rings (SSSR count). The minimum atomic E-state index is -0.478. The zero-order valence-corrected chi connectivity index (χ0v) is 12.1. The van der Waals surface area contributed by atoms with Crippen LogP contribution in [0.4, 0.5) is 11.5 Å². The molecule has 0 bridgehead atoms. The van der Waals surface area contributed by atoms with Crippen LogP contribution in [0.15, 0.2) is 12.1 Å². The minimum Gasteiger partial charge on any atom is -0.476 e. The van der Waals surface area contributed by atoms with E-state index in [2.05, 4.69) is 28.9 Å². The van der Waals surface area contributed by atoms with Crippen LogP contribution < -0.4 is 9.64 Å². The minimum absolute atomic E-state index is 0.0715. The smallest absolute Gasteiger partial charge is 0.331 e. The monoisotopic (exact) mass is 280 g/mol. The molecule has 7 heteroatoms. The Labute approximate surface area is 118 Å². The van der Waals surface area contributed by atoms with Gasteiger partial charge in [-0.1, -0.05) is 0 Å². The van der Waals surface area contributed by atoms with Gasteiger partial charge in [-0.15, -0.1) is 0 Å². The zero-order chi connectivity index (χ0) is 14.7. The van der Waals surface area contributed by atoms with Gasteiger partial charge in [0, 0.05) is 25.2 Å². The summed E-state index contributed by atoms with van der Waals surface area (Å²) in [5.74, 6) is 0.812. The zero-order valence-electron chi connectivity index (χ0n) is 12.1. The Hall–Kier alpha value is -1.89. The first-order valence-corrected chi connectivity index (χ1v) is 6.63. The van der Waals surface area contributed by atoms with Crippen molar-refractivity contribution >= 4 is 11.5 Å². The number of nitrogens with zero attached hydrogens (tertiary/aromatic N) is 4. The van der Waals surface area contributed by atoms with E-state index < -0.39 is 4.92 Å². The average molecular weight is 280 g/mol. The molecular formula is C13H20N4O3. The molecule has 1 aromatic rings. The van der Waals surface area contributed by atoms with E-state index in [0.29, 0.717) is 6.04 Å². The number of anilines is 1. The van der Waals surface area contributed by atoms with Crippen molar-refractivity contribution in [2.45, 2.75) is 18.9 Å². The van der Waals surface area contributed by atoms with Crippen LogP contribution in [0.1, 0.15) is 12.8 Å². The molecule has 1 aromatic heterocycles. The highest BCUT2D eigenvalue weighted by atomic mass is 16.6. The summed E-state index contributed by atoms with van der Waals surface area (Å²) in [4.78, 5) is 19.0. The van der Waals surface area contributed by atoms with Crippen molar-refractivity contribution in [2.75, 3.05) is 39.2 Å². The van der Waals surface area contributed by atoms with Gasteiger partial charge in [-0.05, 0) is 33.0 Å². The Kier molecular flexibility index (Phi) is 4.39. The first kappa shape index (κ1) is 14.5. The quantitative estimate of drug-likeness (QED) is 0.615. The third-order valence-corrected chi connectivity index (χ3v) is 3.73. The summed E-state index contributed by atoms with van der Waals surface area (Å²) in [6, 6.07) is 3.74. The molecule has 2 heterocycles. The van der Waals surface area contributed by atoms with Crippen LogP contribution in [0.2, 0.25) is 0 Å². The van der Waals surface area contributed by atoms with Gasteiger partial charge in [0.2, 0.25) is 0 Å². The molecule has 1 aliphatic rings. The van der Waals surface area contributed by atoms with E-state index >= 15 is 0 Å². The highest BCUT2D eigenvalue weighted by Crippen LogP contribution is 2.28. The van der Waals surface area contributed by atoms with Crippen LogP contribution in [-0.2, 0) is 0 Å². The van der Waals surface area contributed by atoms with Crippen molar-refractivity contribution in [1.29, 1.82) is 0 Å². The maximum atomic E-state index is 10.9. The number of pyridine rings is 1. The van der Waals surface area contributed by atoms with Crippen LogP contribution in [0, 0.1) is 10.1 Å². The second-order valence-corrected chi connectivity index (χ2v) is 5.14. The first-order valence-electron chi connectivity index (χ1n) is 6.63. The van der Waals surface area contributed by atoms with Crippen molar-refractivity contribution in [2.24, 2.45) is 0 Å². The van der Waals surface area contributed by atoms with Crippen LogP contribution in [0.25, 0.3) is 0 Å². The molecule has 7 nitrogen and oxygen atoms in total. The number of methoxy groups -OCH3 is 1. The maximum absolute atomic E-state index is 10.9. The largest absolute Gasteiger partial charge is 0.476 e. The number of rotatable bonds is 4. The van der Waals surface area contributed by atoms with Gasteiger partial charge < -0.3 is 14.5 Å². The van der Waals surface area contributed by atoms with E-state index in [9.17, 15) is 10.1 Å².